The van der Waals surface area contributed by atoms with Gasteiger partial charge in [-0.3, -0.25) is 0 Å². The molecule has 0 spiro atoms. The molecule has 4 heteroatoms. The summed E-state index contributed by atoms with van der Waals surface area (Å²) in [6.07, 6.45) is 3.19. The van der Waals surface area contributed by atoms with Crippen LogP contribution >= 0.6 is 8.58 Å². The molecule has 0 aromatic heterocycles. The van der Waals surface area contributed by atoms with Gasteiger partial charge in [-0.15, -0.1) is 0 Å². The van der Waals surface area contributed by atoms with Crippen LogP contribution in [0.2, 0.25) is 0 Å². The van der Waals surface area contributed by atoms with E-state index in [1.165, 1.54) is 33.1 Å². The van der Waals surface area contributed by atoms with Gasteiger partial charge in [0.1, 0.15) is 5.75 Å². The maximum Gasteiger partial charge on any atom is 0.188 e. The first-order chi connectivity index (χ1) is 17.5. The molecule has 0 fully saturated rings. The highest BCUT2D eigenvalue weighted by molar-refractivity contribution is 7.48. The van der Waals surface area contributed by atoms with Gasteiger partial charge in [0.05, 0.1) is 0 Å². The third kappa shape index (κ3) is 6.76. The minimum atomic E-state index is 0.00679. The molecule has 0 heterocycles. The fourth-order valence-electron chi connectivity index (χ4n) is 4.92. The Hall–Kier alpha value is -2.19. The average Bonchev–Trinajstić information content (AvgIpc) is 2.92. The molecule has 0 radical (unpaired) electrons. The van der Waals surface area contributed by atoms with Gasteiger partial charge in [0, 0.05) is 30.9 Å². The van der Waals surface area contributed by atoms with Crippen molar-refractivity contribution in [1.82, 2.24) is 5.32 Å². The first-order valence-electron chi connectivity index (χ1n) is 13.4. The Bertz CT molecular complexity index is 1080. The minimum Gasteiger partial charge on any atom is -0.467 e. The van der Waals surface area contributed by atoms with Crippen LogP contribution < -0.4 is 15.4 Å². The second-order valence-corrected chi connectivity index (χ2v) is 11.4. The van der Waals surface area contributed by atoms with Gasteiger partial charge in [-0.2, -0.15) is 0 Å². The molecule has 0 amide bonds. The first kappa shape index (κ1) is 28.4. The van der Waals surface area contributed by atoms with Crippen molar-refractivity contribution in [3.8, 4) is 5.75 Å². The van der Waals surface area contributed by atoms with Gasteiger partial charge in [0.25, 0.3) is 0 Å². The number of para-hydroxylation sites is 1. The van der Waals surface area contributed by atoms with Crippen molar-refractivity contribution in [2.45, 2.75) is 78.0 Å². The number of hydrogen-bond acceptors (Lipinski definition) is 3. The number of rotatable bonds is 14. The van der Waals surface area contributed by atoms with Crippen molar-refractivity contribution < 1.29 is 9.47 Å². The molecule has 0 saturated carbocycles. The van der Waals surface area contributed by atoms with Gasteiger partial charge >= 0.3 is 0 Å². The fourth-order valence-corrected chi connectivity index (χ4v) is 6.70. The molecule has 2 unspecified atom stereocenters. The highest BCUT2D eigenvalue weighted by Crippen LogP contribution is 2.52. The zero-order chi connectivity index (χ0) is 26.0. The van der Waals surface area contributed by atoms with Crippen LogP contribution in [0.4, 0.5) is 0 Å². The van der Waals surface area contributed by atoms with E-state index in [0.717, 1.165) is 38.1 Å². The Morgan fingerprint density at radius 1 is 0.889 bits per heavy atom. The molecule has 3 rings (SSSR count). The Balaban J connectivity index is 1.98. The normalized spacial score (nSPS) is 12.8. The number of nitrogens with one attached hydrogen (secondary N) is 1. The fraction of sp³-hybridized carbons (Fsp3) is 0.438. The lowest BCUT2D eigenvalue weighted by Gasteiger charge is -2.36. The molecule has 3 nitrogen and oxygen atoms in total. The second-order valence-electron chi connectivity index (χ2n) is 9.70. The summed E-state index contributed by atoms with van der Waals surface area (Å²) in [5.41, 5.74) is 6.70. The van der Waals surface area contributed by atoms with E-state index >= 15 is 0 Å². The molecule has 3 aromatic carbocycles. The van der Waals surface area contributed by atoms with Gasteiger partial charge in [0.15, 0.2) is 6.79 Å². The third-order valence-corrected chi connectivity index (χ3v) is 9.86. The highest BCUT2D eigenvalue weighted by atomic mass is 31.1. The second kappa shape index (κ2) is 13.9. The number of ether oxygens (including phenoxy) is 2. The summed E-state index contributed by atoms with van der Waals surface area (Å²) in [4.78, 5) is 0. The van der Waals surface area contributed by atoms with Crippen molar-refractivity contribution in [1.29, 1.82) is 0 Å². The van der Waals surface area contributed by atoms with E-state index in [9.17, 15) is 0 Å². The Labute approximate surface area is 220 Å². The molecule has 2 atom stereocenters. The van der Waals surface area contributed by atoms with Crippen LogP contribution in [0.5, 0.6) is 5.75 Å². The van der Waals surface area contributed by atoms with Gasteiger partial charge in [-0.05, 0) is 59.7 Å². The number of hydrogen-bond donors (Lipinski definition) is 1. The number of methoxy groups -OCH3 is 1. The van der Waals surface area contributed by atoms with E-state index in [4.69, 9.17) is 9.47 Å². The van der Waals surface area contributed by atoms with E-state index in [0.29, 0.717) is 14.5 Å². The zero-order valence-corrected chi connectivity index (χ0v) is 24.0. The largest absolute Gasteiger partial charge is 0.467 e. The predicted octanol–water partition coefficient (Wildman–Crippen LogP) is 7.80. The van der Waals surface area contributed by atoms with Crippen molar-refractivity contribution in [2.75, 3.05) is 13.9 Å². The molecule has 3 aromatic rings. The van der Waals surface area contributed by atoms with E-state index in [-0.39, 0.29) is 11.9 Å². The van der Waals surface area contributed by atoms with Crippen molar-refractivity contribution in [3.05, 3.63) is 94.5 Å². The highest BCUT2D eigenvalue weighted by Gasteiger charge is 2.34. The lowest BCUT2D eigenvalue weighted by Crippen LogP contribution is -2.27. The maximum absolute atomic E-state index is 6.33. The van der Waals surface area contributed by atoms with Crippen molar-refractivity contribution in [2.24, 2.45) is 0 Å². The monoisotopic (exact) mass is 505 g/mol. The summed E-state index contributed by atoms with van der Waals surface area (Å²) in [5.74, 6) is 1.46. The van der Waals surface area contributed by atoms with Crippen LogP contribution in [-0.4, -0.2) is 13.9 Å². The number of aryl methyl sites for hydroxylation is 1. The van der Waals surface area contributed by atoms with Gasteiger partial charge in [-0.1, -0.05) is 103 Å². The van der Waals surface area contributed by atoms with Crippen molar-refractivity contribution >= 4 is 13.9 Å². The van der Waals surface area contributed by atoms with Crippen LogP contribution in [0, 0.1) is 6.92 Å². The molecule has 0 aliphatic heterocycles. The van der Waals surface area contributed by atoms with E-state index < -0.39 is 0 Å². The molecule has 1 N–H and O–H groups in total. The van der Waals surface area contributed by atoms with Crippen LogP contribution in [0.3, 0.4) is 0 Å². The molecule has 0 bridgehead atoms. The van der Waals surface area contributed by atoms with E-state index in [1.54, 1.807) is 7.11 Å². The quantitative estimate of drug-likeness (QED) is 0.179. The third-order valence-electron chi connectivity index (χ3n) is 7.44. The van der Waals surface area contributed by atoms with E-state index in [2.05, 4.69) is 107 Å². The average molecular weight is 506 g/mol. The van der Waals surface area contributed by atoms with Crippen LogP contribution in [0.25, 0.3) is 0 Å². The van der Waals surface area contributed by atoms with Crippen LogP contribution in [-0.2, 0) is 23.0 Å². The molecule has 0 aliphatic carbocycles. The van der Waals surface area contributed by atoms with Crippen LogP contribution in [0.1, 0.15) is 80.7 Å². The topological polar surface area (TPSA) is 30.5 Å². The van der Waals surface area contributed by atoms with Gasteiger partial charge < -0.3 is 14.8 Å². The summed E-state index contributed by atoms with van der Waals surface area (Å²) < 4.78 is 11.7. The molecular formula is C32H44NO2P. The standard InChI is InChI=1S/C32H44NO2P/c1-7-24(4)28-19-14-20-29(30(28)35-23-34-6)32(8-2,9-3)36-31-25(5)15-13-18-27(31)22-33-21-26-16-11-10-12-17-26/h10-20,24,33,36H,7-9,21-23H2,1-6H3. The predicted molar refractivity (Wildman–Crippen MR) is 156 cm³/mol. The minimum absolute atomic E-state index is 0.00679. The molecule has 0 saturated heterocycles. The lowest BCUT2D eigenvalue weighted by molar-refractivity contribution is 0.0490. The summed E-state index contributed by atoms with van der Waals surface area (Å²) >= 11 is 0. The van der Waals surface area contributed by atoms with E-state index in [1.807, 2.05) is 0 Å². The van der Waals surface area contributed by atoms with Gasteiger partial charge in [0.2, 0.25) is 0 Å². The molecule has 36 heavy (non-hydrogen) atoms. The lowest BCUT2D eigenvalue weighted by atomic mass is 9.87. The molecule has 194 valence electrons. The Kier molecular flexibility index (Phi) is 11.0. The zero-order valence-electron chi connectivity index (χ0n) is 23.0. The Morgan fingerprint density at radius 2 is 1.61 bits per heavy atom. The van der Waals surface area contributed by atoms with Crippen LogP contribution in [0.15, 0.2) is 66.7 Å². The Morgan fingerprint density at radius 3 is 2.28 bits per heavy atom. The first-order valence-corrected chi connectivity index (χ1v) is 14.4. The smallest absolute Gasteiger partial charge is 0.188 e. The van der Waals surface area contributed by atoms with Gasteiger partial charge in [-0.25, -0.2) is 0 Å². The SMILES string of the molecule is CCC(C)c1cccc(C(CC)(CC)Pc2c(C)cccc2CNCc2ccccc2)c1OCOC. The summed E-state index contributed by atoms with van der Waals surface area (Å²) in [5, 5.41) is 5.17. The summed E-state index contributed by atoms with van der Waals surface area (Å²) in [7, 11) is 2.35. The molecular weight excluding hydrogens is 461 g/mol. The molecule has 0 aliphatic rings. The van der Waals surface area contributed by atoms with Crippen molar-refractivity contribution in [3.63, 3.8) is 0 Å². The number of benzene rings is 3. The summed E-state index contributed by atoms with van der Waals surface area (Å²) in [6, 6.07) is 24.1. The maximum atomic E-state index is 6.33. The summed E-state index contributed by atoms with van der Waals surface area (Å²) in [6.45, 7) is 13.5.